The maximum absolute atomic E-state index is 7.88. The number of rotatable bonds is 9. The molecule has 0 N–H and O–H groups in total. The first-order valence-electron chi connectivity index (χ1n) is 24.1. The van der Waals surface area contributed by atoms with Crippen LogP contribution in [0, 0.1) is 6.85 Å². The summed E-state index contributed by atoms with van der Waals surface area (Å²) in [7, 11) is 0. The van der Waals surface area contributed by atoms with Crippen LogP contribution in [0.15, 0.2) is 241 Å². The zero-order valence-electron chi connectivity index (χ0n) is 39.7. The zero-order valence-corrected chi connectivity index (χ0v) is 36.7. The average Bonchev–Trinajstić information content (AvgIpc) is 3.82. The van der Waals surface area contributed by atoms with Crippen LogP contribution in [0.2, 0.25) is 0 Å². The molecule has 0 aliphatic heterocycles. The minimum atomic E-state index is -2.34. The Hall–Kier alpha value is -9.06. The van der Waals surface area contributed by atoms with Gasteiger partial charge in [-0.1, -0.05) is 164 Å². The third-order valence-electron chi connectivity index (χ3n) is 12.6. The van der Waals surface area contributed by atoms with Gasteiger partial charge in [0.1, 0.15) is 5.58 Å². The number of pyridine rings is 4. The van der Waals surface area contributed by atoms with Crippen molar-refractivity contribution in [2.24, 2.45) is 0 Å². The monoisotopic (exact) mass is 873 g/mol. The highest BCUT2D eigenvalue weighted by Crippen LogP contribution is 2.43. The molecule has 5 heteroatoms. The molecule has 5 nitrogen and oxygen atoms in total. The SMILES string of the molecule is [2H]C([2H])([2H])c1ccc2c(n1)oc1c(-c3ccc(-c4ccccc4-c4cc(-c5ccccc5-c5ccc(-c6ccccc6)nc5)cc(-c5ccccc5-c5ccc(-c6ccccc6)nc5)c4)cn3)cccc12. The predicted molar refractivity (Wildman–Crippen MR) is 279 cm³/mol. The molecule has 0 spiro atoms. The van der Waals surface area contributed by atoms with Gasteiger partial charge in [0.25, 0.3) is 0 Å². The Kier molecular flexibility index (Phi) is 9.51. The fourth-order valence-electron chi connectivity index (χ4n) is 9.31. The van der Waals surface area contributed by atoms with Gasteiger partial charge in [-0.25, -0.2) is 4.98 Å². The molecule has 0 bridgehead atoms. The molecule has 68 heavy (non-hydrogen) atoms. The number of aromatic nitrogens is 4. The van der Waals surface area contributed by atoms with Gasteiger partial charge in [0.2, 0.25) is 5.71 Å². The normalized spacial score (nSPS) is 12.1. The molecule has 0 radical (unpaired) electrons. The van der Waals surface area contributed by atoms with Gasteiger partial charge in [0.15, 0.2) is 0 Å². The molecule has 0 saturated heterocycles. The summed E-state index contributed by atoms with van der Waals surface area (Å²) in [4.78, 5) is 19.3. The van der Waals surface area contributed by atoms with Crippen LogP contribution in [0.1, 0.15) is 9.81 Å². The molecule has 0 atom stereocenters. The second kappa shape index (κ2) is 17.4. The van der Waals surface area contributed by atoms with Crippen molar-refractivity contribution in [2.45, 2.75) is 6.85 Å². The topological polar surface area (TPSA) is 64.7 Å². The standard InChI is InChI=1S/C63H42N4O/c1-41-27-31-57-56-25-14-26-58(62(56)68-63(57)67-41)61-34-30-46(40-66-61)52-21-10-13-24-55(52)49-36-47(53-22-11-8-19-50(53)44-28-32-59(64-38-44)42-15-4-2-5-16-42)35-48(37-49)54-23-12-9-20-51(54)45-29-33-60(65-39-45)43-17-6-3-7-18-43/h2-40H,1H3/i1D3. The molecule has 12 rings (SSSR count). The summed E-state index contributed by atoms with van der Waals surface area (Å²) in [6.45, 7) is -2.34. The van der Waals surface area contributed by atoms with Crippen molar-refractivity contribution in [1.29, 1.82) is 0 Å². The molecule has 7 aromatic carbocycles. The average molecular weight is 874 g/mol. The van der Waals surface area contributed by atoms with E-state index >= 15 is 0 Å². The Morgan fingerprint density at radius 2 is 0.735 bits per heavy atom. The second-order valence-electron chi connectivity index (χ2n) is 16.8. The van der Waals surface area contributed by atoms with Crippen LogP contribution in [0.5, 0.6) is 0 Å². The van der Waals surface area contributed by atoms with Gasteiger partial charge in [-0.2, -0.15) is 0 Å². The lowest BCUT2D eigenvalue weighted by Gasteiger charge is -2.18. The minimum absolute atomic E-state index is 0.00456. The fraction of sp³-hybridized carbons (Fsp3) is 0.0159. The number of hydrogen-bond donors (Lipinski definition) is 0. The maximum Gasteiger partial charge on any atom is 0.227 e. The van der Waals surface area contributed by atoms with Crippen LogP contribution in [0.4, 0.5) is 0 Å². The number of benzene rings is 7. The number of fused-ring (bicyclic) bond motifs is 3. The summed E-state index contributed by atoms with van der Waals surface area (Å²) >= 11 is 0. The van der Waals surface area contributed by atoms with Gasteiger partial charge in [0.05, 0.1) is 17.1 Å². The van der Waals surface area contributed by atoms with Crippen LogP contribution in [0.3, 0.4) is 0 Å². The van der Waals surface area contributed by atoms with E-state index in [0.717, 1.165) is 111 Å². The van der Waals surface area contributed by atoms with E-state index in [4.69, 9.17) is 23.5 Å². The lowest BCUT2D eigenvalue weighted by molar-refractivity contribution is 0.653. The Bertz CT molecular complexity index is 3750. The fourth-order valence-corrected chi connectivity index (χ4v) is 9.31. The summed E-state index contributed by atoms with van der Waals surface area (Å²) in [6, 6.07) is 74.8. The first-order valence-corrected chi connectivity index (χ1v) is 22.6. The summed E-state index contributed by atoms with van der Waals surface area (Å²) < 4.78 is 29.9. The molecular weight excluding hydrogens is 829 g/mol. The van der Waals surface area contributed by atoms with E-state index < -0.39 is 6.85 Å². The van der Waals surface area contributed by atoms with Gasteiger partial charge in [-0.15, -0.1) is 0 Å². The number of aryl methyl sites for hydroxylation is 1. The molecule has 5 aromatic heterocycles. The van der Waals surface area contributed by atoms with Crippen LogP contribution in [-0.4, -0.2) is 19.9 Å². The molecule has 0 aliphatic carbocycles. The zero-order chi connectivity index (χ0) is 47.9. The van der Waals surface area contributed by atoms with Crippen molar-refractivity contribution < 1.29 is 8.53 Å². The molecule has 320 valence electrons. The molecule has 0 unspecified atom stereocenters. The van der Waals surface area contributed by atoms with Crippen molar-refractivity contribution in [3.63, 3.8) is 0 Å². The molecule has 0 fully saturated rings. The van der Waals surface area contributed by atoms with E-state index in [-0.39, 0.29) is 11.4 Å². The van der Waals surface area contributed by atoms with Crippen molar-refractivity contribution in [1.82, 2.24) is 19.9 Å². The van der Waals surface area contributed by atoms with Crippen LogP contribution < -0.4 is 0 Å². The Labute approximate surface area is 399 Å². The third kappa shape index (κ3) is 7.62. The van der Waals surface area contributed by atoms with Crippen molar-refractivity contribution in [2.75, 3.05) is 0 Å². The minimum Gasteiger partial charge on any atom is -0.437 e. The number of hydrogen-bond acceptors (Lipinski definition) is 5. The van der Waals surface area contributed by atoms with Gasteiger partial charge < -0.3 is 4.42 Å². The maximum atomic E-state index is 7.88. The molecule has 0 aliphatic rings. The first-order chi connectivity index (χ1) is 34.8. The highest BCUT2D eigenvalue weighted by molar-refractivity contribution is 6.08. The lowest BCUT2D eigenvalue weighted by atomic mass is 9.86. The molecule has 12 aromatic rings. The quantitative estimate of drug-likeness (QED) is 0.145. The van der Waals surface area contributed by atoms with Crippen molar-refractivity contribution >= 4 is 22.1 Å². The Morgan fingerprint density at radius 3 is 1.16 bits per heavy atom. The number of furan rings is 1. The van der Waals surface area contributed by atoms with Crippen LogP contribution >= 0.6 is 0 Å². The first kappa shape index (κ1) is 37.2. The van der Waals surface area contributed by atoms with Crippen molar-refractivity contribution in [3.8, 4) is 101 Å². The lowest BCUT2D eigenvalue weighted by Crippen LogP contribution is -1.93. The molecule has 5 heterocycles. The molecule has 0 saturated carbocycles. The second-order valence-corrected chi connectivity index (χ2v) is 16.8. The van der Waals surface area contributed by atoms with E-state index in [1.165, 1.54) is 0 Å². The predicted octanol–water partition coefficient (Wildman–Crippen LogP) is 16.5. The molecule has 0 amide bonds. The van der Waals surface area contributed by atoms with Gasteiger partial charge in [-0.3, -0.25) is 15.0 Å². The number of nitrogens with zero attached hydrogens (tertiary/aromatic N) is 4. The van der Waals surface area contributed by atoms with E-state index in [0.29, 0.717) is 5.58 Å². The number of para-hydroxylation sites is 1. The Balaban J connectivity index is 0.974. The smallest absolute Gasteiger partial charge is 0.227 e. The summed E-state index contributed by atoms with van der Waals surface area (Å²) in [5, 5.41) is 1.60. The Morgan fingerprint density at radius 1 is 0.324 bits per heavy atom. The van der Waals surface area contributed by atoms with Crippen LogP contribution in [0.25, 0.3) is 123 Å². The van der Waals surface area contributed by atoms with Crippen LogP contribution in [-0.2, 0) is 0 Å². The summed E-state index contributed by atoms with van der Waals surface area (Å²) in [5.74, 6) is 0. The highest BCUT2D eigenvalue weighted by Gasteiger charge is 2.18. The largest absolute Gasteiger partial charge is 0.437 e. The van der Waals surface area contributed by atoms with E-state index in [9.17, 15) is 0 Å². The van der Waals surface area contributed by atoms with Gasteiger partial charge >= 0.3 is 0 Å². The molecular formula is C63H42N4O. The highest BCUT2D eigenvalue weighted by atomic mass is 16.3. The third-order valence-corrected chi connectivity index (χ3v) is 12.6. The van der Waals surface area contributed by atoms with Crippen molar-refractivity contribution in [3.05, 3.63) is 243 Å². The summed E-state index contributed by atoms with van der Waals surface area (Å²) in [5.41, 5.74) is 19.0. The summed E-state index contributed by atoms with van der Waals surface area (Å²) in [6.07, 6.45) is 5.86. The van der Waals surface area contributed by atoms with E-state index in [1.807, 2.05) is 79.3 Å². The van der Waals surface area contributed by atoms with E-state index in [1.54, 1.807) is 12.1 Å². The van der Waals surface area contributed by atoms with Gasteiger partial charge in [-0.05, 0) is 112 Å². The van der Waals surface area contributed by atoms with Gasteiger partial charge in [0, 0.05) is 72.5 Å². The van der Waals surface area contributed by atoms with E-state index in [2.05, 4.69) is 151 Å².